The van der Waals surface area contributed by atoms with Crippen LogP contribution in [0.25, 0.3) is 0 Å². The molecule has 0 amide bonds. The Morgan fingerprint density at radius 2 is 2.40 bits per heavy atom. The molecule has 2 rings (SSSR count). The van der Waals surface area contributed by atoms with Crippen LogP contribution >= 0.6 is 11.6 Å². The highest BCUT2D eigenvalue weighted by Crippen LogP contribution is 2.30. The topological polar surface area (TPSA) is 71.1 Å². The maximum atomic E-state index is 8.93. The van der Waals surface area contributed by atoms with Crippen molar-refractivity contribution in [3.8, 4) is 0 Å². The minimum Gasteiger partial charge on any atom is -0.409 e. The summed E-state index contributed by atoms with van der Waals surface area (Å²) in [5, 5.41) is 12.5. The Balaban J connectivity index is 2.30. The van der Waals surface area contributed by atoms with Crippen molar-refractivity contribution in [1.29, 1.82) is 0 Å². The first-order chi connectivity index (χ1) is 9.67. The van der Waals surface area contributed by atoms with Gasteiger partial charge in [0.05, 0.1) is 16.7 Å². The molecule has 0 radical (unpaired) electrons. The molecule has 1 heterocycles. The normalized spacial score (nSPS) is 20.2. The first-order valence-corrected chi connectivity index (χ1v) is 7.18. The number of hydrogen-bond donors (Lipinski definition) is 2. The first kappa shape index (κ1) is 14.9. The number of piperidine rings is 1. The minimum absolute atomic E-state index is 0.0316. The molecule has 20 heavy (non-hydrogen) atoms. The maximum Gasteiger partial charge on any atom is 0.173 e. The number of hydrogen-bond acceptors (Lipinski definition) is 4. The predicted octanol–water partition coefficient (Wildman–Crippen LogP) is 2.44. The molecule has 1 atom stereocenters. The summed E-state index contributed by atoms with van der Waals surface area (Å²) in [6, 6.07) is 5.55. The molecule has 1 aliphatic heterocycles. The van der Waals surface area contributed by atoms with E-state index in [0.717, 1.165) is 31.6 Å². The van der Waals surface area contributed by atoms with Crippen molar-refractivity contribution in [3.05, 3.63) is 28.8 Å². The number of rotatable bonds is 4. The van der Waals surface area contributed by atoms with Crippen LogP contribution in [0, 0.1) is 0 Å². The van der Waals surface area contributed by atoms with Crippen LogP contribution in [0.15, 0.2) is 23.4 Å². The number of nitrogens with zero attached hydrogens (tertiary/aromatic N) is 2. The number of ether oxygens (including phenoxy) is 1. The highest BCUT2D eigenvalue weighted by Gasteiger charge is 2.24. The van der Waals surface area contributed by atoms with Crippen molar-refractivity contribution in [1.82, 2.24) is 0 Å². The quantitative estimate of drug-likeness (QED) is 0.387. The minimum atomic E-state index is 0.0316. The number of oxime groups is 1. The summed E-state index contributed by atoms with van der Waals surface area (Å²) in [5.74, 6) is 0.0316. The molecule has 3 N–H and O–H groups in total. The second kappa shape index (κ2) is 6.81. The van der Waals surface area contributed by atoms with E-state index in [1.165, 1.54) is 0 Å². The van der Waals surface area contributed by atoms with E-state index in [2.05, 4.69) is 10.1 Å². The zero-order valence-corrected chi connectivity index (χ0v) is 12.3. The molecule has 0 bridgehead atoms. The van der Waals surface area contributed by atoms with Gasteiger partial charge in [-0.1, -0.05) is 22.8 Å². The third-order valence-electron chi connectivity index (χ3n) is 3.48. The van der Waals surface area contributed by atoms with Crippen molar-refractivity contribution in [3.63, 3.8) is 0 Å². The van der Waals surface area contributed by atoms with Crippen molar-refractivity contribution >= 4 is 23.1 Å². The Morgan fingerprint density at radius 1 is 1.60 bits per heavy atom. The lowest BCUT2D eigenvalue weighted by molar-refractivity contribution is 0.0526. The molecule has 110 valence electrons. The SMILES string of the molecule is CCOC1CCCN(c2cccc(Cl)c2C(N)=NO)C1. The van der Waals surface area contributed by atoms with Gasteiger partial charge in [0, 0.05) is 25.4 Å². The fourth-order valence-corrected chi connectivity index (χ4v) is 2.87. The average Bonchev–Trinajstić information content (AvgIpc) is 2.47. The van der Waals surface area contributed by atoms with E-state index < -0.39 is 0 Å². The second-order valence-corrected chi connectivity index (χ2v) is 5.19. The highest BCUT2D eigenvalue weighted by molar-refractivity contribution is 6.34. The first-order valence-electron chi connectivity index (χ1n) is 6.80. The largest absolute Gasteiger partial charge is 0.409 e. The van der Waals surface area contributed by atoms with Crippen LogP contribution in [-0.2, 0) is 4.74 Å². The number of benzene rings is 1. The smallest absolute Gasteiger partial charge is 0.173 e. The zero-order valence-electron chi connectivity index (χ0n) is 11.6. The molecule has 5 nitrogen and oxygen atoms in total. The monoisotopic (exact) mass is 297 g/mol. The van der Waals surface area contributed by atoms with Crippen LogP contribution in [0.3, 0.4) is 0 Å². The van der Waals surface area contributed by atoms with E-state index in [-0.39, 0.29) is 11.9 Å². The Bertz CT molecular complexity index is 491. The van der Waals surface area contributed by atoms with E-state index >= 15 is 0 Å². The molecule has 0 saturated carbocycles. The summed E-state index contributed by atoms with van der Waals surface area (Å²) in [7, 11) is 0. The van der Waals surface area contributed by atoms with Crippen molar-refractivity contribution in [2.45, 2.75) is 25.9 Å². The van der Waals surface area contributed by atoms with E-state index in [0.29, 0.717) is 17.2 Å². The fraction of sp³-hybridized carbons (Fsp3) is 0.500. The van der Waals surface area contributed by atoms with Gasteiger partial charge in [-0.25, -0.2) is 0 Å². The molecule has 1 fully saturated rings. The summed E-state index contributed by atoms with van der Waals surface area (Å²) >= 11 is 6.19. The molecule has 6 heteroatoms. The lowest BCUT2D eigenvalue weighted by atomic mass is 10.0. The molecule has 1 unspecified atom stereocenters. The highest BCUT2D eigenvalue weighted by atomic mass is 35.5. The molecule has 1 aromatic rings. The third kappa shape index (κ3) is 3.16. The van der Waals surface area contributed by atoms with Crippen LogP contribution in [0.2, 0.25) is 5.02 Å². The van der Waals surface area contributed by atoms with Gasteiger partial charge >= 0.3 is 0 Å². The number of anilines is 1. The maximum absolute atomic E-state index is 8.93. The van der Waals surface area contributed by atoms with E-state index in [1.54, 1.807) is 6.07 Å². The van der Waals surface area contributed by atoms with Crippen molar-refractivity contribution in [2.24, 2.45) is 10.9 Å². The van der Waals surface area contributed by atoms with Crippen molar-refractivity contribution in [2.75, 3.05) is 24.6 Å². The Labute approximate surface area is 124 Å². The van der Waals surface area contributed by atoms with Gasteiger partial charge in [-0.05, 0) is 31.9 Å². The summed E-state index contributed by atoms with van der Waals surface area (Å²) < 4.78 is 5.71. The average molecular weight is 298 g/mol. The van der Waals surface area contributed by atoms with Gasteiger partial charge in [0.2, 0.25) is 0 Å². The lowest BCUT2D eigenvalue weighted by Crippen LogP contribution is -2.40. The standard InChI is InChI=1S/C14H20ClN3O2/c1-2-20-10-5-4-8-18(9-10)12-7-3-6-11(15)13(12)14(16)17-19/h3,6-7,10,19H,2,4-5,8-9H2,1H3,(H2,16,17). The zero-order chi connectivity index (χ0) is 14.5. The van der Waals surface area contributed by atoms with E-state index in [4.69, 9.17) is 27.3 Å². The fourth-order valence-electron chi connectivity index (χ4n) is 2.61. The van der Waals surface area contributed by atoms with Gasteiger partial charge in [0.15, 0.2) is 5.84 Å². The van der Waals surface area contributed by atoms with Gasteiger partial charge in [0.1, 0.15) is 0 Å². The van der Waals surface area contributed by atoms with Crippen LogP contribution in [-0.4, -0.2) is 36.8 Å². The predicted molar refractivity (Wildman–Crippen MR) is 80.8 cm³/mol. The Hall–Kier alpha value is -1.46. The van der Waals surface area contributed by atoms with Crippen LogP contribution in [0.5, 0.6) is 0 Å². The molecule has 1 aliphatic rings. The van der Waals surface area contributed by atoms with E-state index in [9.17, 15) is 0 Å². The molecule has 1 saturated heterocycles. The van der Waals surface area contributed by atoms with Gasteiger partial charge in [-0.15, -0.1) is 0 Å². The summed E-state index contributed by atoms with van der Waals surface area (Å²) in [5.41, 5.74) is 7.22. The lowest BCUT2D eigenvalue weighted by Gasteiger charge is -2.35. The van der Waals surface area contributed by atoms with Gasteiger partial charge in [-0.2, -0.15) is 0 Å². The molecular weight excluding hydrogens is 278 g/mol. The van der Waals surface area contributed by atoms with Crippen LogP contribution in [0.1, 0.15) is 25.3 Å². The summed E-state index contributed by atoms with van der Waals surface area (Å²) in [4.78, 5) is 2.18. The van der Waals surface area contributed by atoms with Gasteiger partial charge in [-0.3, -0.25) is 0 Å². The number of amidine groups is 1. The Morgan fingerprint density at radius 3 is 3.10 bits per heavy atom. The molecule has 0 aliphatic carbocycles. The van der Waals surface area contributed by atoms with E-state index in [1.807, 2.05) is 19.1 Å². The molecule has 0 spiro atoms. The summed E-state index contributed by atoms with van der Waals surface area (Å²) in [6.45, 7) is 4.41. The van der Waals surface area contributed by atoms with Crippen molar-refractivity contribution < 1.29 is 9.94 Å². The molecular formula is C14H20ClN3O2. The van der Waals surface area contributed by atoms with Gasteiger partial charge < -0.3 is 20.6 Å². The van der Waals surface area contributed by atoms with Crippen LogP contribution < -0.4 is 10.6 Å². The van der Waals surface area contributed by atoms with Gasteiger partial charge in [0.25, 0.3) is 0 Å². The molecule has 0 aromatic heterocycles. The number of halogens is 1. The summed E-state index contributed by atoms with van der Waals surface area (Å²) in [6.07, 6.45) is 2.32. The Kier molecular flexibility index (Phi) is 5.09. The van der Waals surface area contributed by atoms with Crippen LogP contribution in [0.4, 0.5) is 5.69 Å². The molecule has 1 aromatic carbocycles. The third-order valence-corrected chi connectivity index (χ3v) is 3.79. The number of nitrogens with two attached hydrogens (primary N) is 1. The second-order valence-electron chi connectivity index (χ2n) is 4.78.